The van der Waals surface area contributed by atoms with Gasteiger partial charge >= 0.3 is 0 Å². The van der Waals surface area contributed by atoms with Crippen LogP contribution in [0.25, 0.3) is 10.9 Å². The Morgan fingerprint density at radius 1 is 1.08 bits per heavy atom. The number of para-hydroxylation sites is 1. The maximum Gasteiger partial charge on any atom is 0.229 e. The van der Waals surface area contributed by atoms with Gasteiger partial charge in [0.15, 0.2) is 0 Å². The highest BCUT2D eigenvalue weighted by Crippen LogP contribution is 2.28. The number of benzene rings is 2. The Morgan fingerprint density at radius 2 is 1.88 bits per heavy atom. The zero-order valence-corrected chi connectivity index (χ0v) is 14.0. The number of fused-ring (bicyclic) bond motifs is 1. The number of carbonyl (C=O) groups is 2. The van der Waals surface area contributed by atoms with Crippen LogP contribution < -0.4 is 10.2 Å². The van der Waals surface area contributed by atoms with Crippen molar-refractivity contribution in [3.63, 3.8) is 0 Å². The van der Waals surface area contributed by atoms with Crippen LogP contribution in [-0.2, 0) is 16.6 Å². The summed E-state index contributed by atoms with van der Waals surface area (Å²) in [6.45, 7) is 0.416. The number of carbonyl (C=O) groups excluding carboxylic acids is 2. The van der Waals surface area contributed by atoms with Crippen molar-refractivity contribution in [2.75, 3.05) is 16.8 Å². The van der Waals surface area contributed by atoms with E-state index in [4.69, 9.17) is 0 Å². The van der Waals surface area contributed by atoms with Gasteiger partial charge in [-0.15, -0.1) is 0 Å². The second kappa shape index (κ2) is 6.09. The molecule has 25 heavy (non-hydrogen) atoms. The summed E-state index contributed by atoms with van der Waals surface area (Å²) in [7, 11) is 1.97. The fourth-order valence-electron chi connectivity index (χ4n) is 3.39. The number of amides is 2. The van der Waals surface area contributed by atoms with Crippen molar-refractivity contribution in [3.05, 3.63) is 60.8 Å². The van der Waals surface area contributed by atoms with E-state index in [2.05, 4.69) is 5.32 Å². The number of anilines is 2. The molecule has 1 aliphatic heterocycles. The van der Waals surface area contributed by atoms with Crippen LogP contribution in [0.3, 0.4) is 0 Å². The highest BCUT2D eigenvalue weighted by Gasteiger charge is 2.35. The number of rotatable bonds is 3. The van der Waals surface area contributed by atoms with E-state index >= 15 is 0 Å². The monoisotopic (exact) mass is 333 g/mol. The van der Waals surface area contributed by atoms with Crippen molar-refractivity contribution < 1.29 is 9.59 Å². The molecule has 0 spiro atoms. The molecular formula is C20H19N3O2. The van der Waals surface area contributed by atoms with Crippen LogP contribution in [0.5, 0.6) is 0 Å². The Bertz CT molecular complexity index is 946. The maximum atomic E-state index is 12.7. The maximum absolute atomic E-state index is 12.7. The number of hydrogen-bond donors (Lipinski definition) is 1. The largest absolute Gasteiger partial charge is 0.350 e. The average Bonchev–Trinajstić information content (AvgIpc) is 3.20. The van der Waals surface area contributed by atoms with Crippen molar-refractivity contribution in [3.8, 4) is 0 Å². The second-order valence-electron chi connectivity index (χ2n) is 6.40. The molecule has 1 fully saturated rings. The number of nitrogens with zero attached hydrogens (tertiary/aromatic N) is 2. The van der Waals surface area contributed by atoms with Crippen molar-refractivity contribution in [2.24, 2.45) is 13.0 Å². The van der Waals surface area contributed by atoms with Gasteiger partial charge < -0.3 is 14.8 Å². The smallest absolute Gasteiger partial charge is 0.229 e. The lowest BCUT2D eigenvalue weighted by molar-refractivity contribution is -0.122. The van der Waals surface area contributed by atoms with Gasteiger partial charge in [0.05, 0.1) is 11.6 Å². The Morgan fingerprint density at radius 3 is 2.68 bits per heavy atom. The minimum absolute atomic E-state index is 0.00994. The number of hydrogen-bond acceptors (Lipinski definition) is 2. The molecule has 0 saturated carbocycles. The lowest BCUT2D eigenvalue weighted by Gasteiger charge is -2.16. The van der Waals surface area contributed by atoms with E-state index < -0.39 is 0 Å². The third-order valence-corrected chi connectivity index (χ3v) is 4.75. The molecule has 2 amide bonds. The molecule has 0 bridgehead atoms. The molecule has 1 aliphatic rings. The Kier molecular flexibility index (Phi) is 3.76. The summed E-state index contributed by atoms with van der Waals surface area (Å²) in [5.74, 6) is -0.459. The van der Waals surface area contributed by atoms with Gasteiger partial charge in [-0.05, 0) is 30.3 Å². The normalized spacial score (nSPS) is 17.2. The van der Waals surface area contributed by atoms with E-state index in [0.29, 0.717) is 6.54 Å². The molecule has 5 heteroatoms. The van der Waals surface area contributed by atoms with E-state index in [-0.39, 0.29) is 24.2 Å². The van der Waals surface area contributed by atoms with Crippen LogP contribution in [0.1, 0.15) is 6.42 Å². The van der Waals surface area contributed by atoms with Gasteiger partial charge in [0, 0.05) is 42.8 Å². The third-order valence-electron chi connectivity index (χ3n) is 4.75. The molecule has 126 valence electrons. The van der Waals surface area contributed by atoms with Crippen molar-refractivity contribution >= 4 is 34.1 Å². The average molecular weight is 333 g/mol. The lowest BCUT2D eigenvalue weighted by Crippen LogP contribution is -2.28. The number of nitrogens with one attached hydrogen (secondary N) is 1. The van der Waals surface area contributed by atoms with Gasteiger partial charge in [0.2, 0.25) is 11.8 Å². The van der Waals surface area contributed by atoms with E-state index in [1.54, 1.807) is 4.90 Å². The standard InChI is InChI=1S/C20H19N3O2/c1-22-11-10-16-17(8-5-9-18(16)22)21-20(25)14-12-19(24)23(13-14)15-6-3-2-4-7-15/h2-11,14H,12-13H2,1H3,(H,21,25)/t14-/m1/s1. The fraction of sp³-hybridized carbons (Fsp3) is 0.200. The summed E-state index contributed by atoms with van der Waals surface area (Å²) in [4.78, 5) is 26.7. The second-order valence-corrected chi connectivity index (χ2v) is 6.40. The van der Waals surface area contributed by atoms with E-state index in [1.807, 2.05) is 72.4 Å². The molecule has 2 aromatic carbocycles. The van der Waals surface area contributed by atoms with Gasteiger partial charge in [0.25, 0.3) is 0 Å². The number of aryl methyl sites for hydroxylation is 1. The highest BCUT2D eigenvalue weighted by atomic mass is 16.2. The molecule has 0 unspecified atom stereocenters. The molecule has 1 atom stereocenters. The first kappa shape index (κ1) is 15.4. The van der Waals surface area contributed by atoms with Crippen molar-refractivity contribution in [1.82, 2.24) is 4.57 Å². The van der Waals surface area contributed by atoms with Crippen LogP contribution in [0.2, 0.25) is 0 Å². The van der Waals surface area contributed by atoms with Crippen LogP contribution in [0, 0.1) is 5.92 Å². The summed E-state index contributed by atoms with van der Waals surface area (Å²) in [5, 5.41) is 4.00. The summed E-state index contributed by atoms with van der Waals surface area (Å²) in [6, 6.07) is 17.3. The predicted octanol–water partition coefficient (Wildman–Crippen LogP) is 3.17. The van der Waals surface area contributed by atoms with Crippen LogP contribution in [-0.4, -0.2) is 22.9 Å². The van der Waals surface area contributed by atoms with E-state index in [1.165, 1.54) is 0 Å². The Labute approximate surface area is 145 Å². The van der Waals surface area contributed by atoms with Crippen LogP contribution in [0.15, 0.2) is 60.8 Å². The van der Waals surface area contributed by atoms with E-state index in [0.717, 1.165) is 22.3 Å². The van der Waals surface area contributed by atoms with Gasteiger partial charge in [-0.25, -0.2) is 0 Å². The molecule has 5 nitrogen and oxygen atoms in total. The van der Waals surface area contributed by atoms with Crippen LogP contribution in [0.4, 0.5) is 11.4 Å². The molecule has 3 aromatic rings. The van der Waals surface area contributed by atoms with Crippen LogP contribution >= 0.6 is 0 Å². The first-order chi connectivity index (χ1) is 12.1. The third kappa shape index (κ3) is 2.78. The molecule has 1 saturated heterocycles. The van der Waals surface area contributed by atoms with E-state index in [9.17, 15) is 9.59 Å². The quantitative estimate of drug-likeness (QED) is 0.800. The molecular weight excluding hydrogens is 314 g/mol. The molecule has 1 aromatic heterocycles. The topological polar surface area (TPSA) is 54.3 Å². The van der Waals surface area contributed by atoms with Gasteiger partial charge in [0.1, 0.15) is 0 Å². The molecule has 0 aliphatic carbocycles. The molecule has 0 radical (unpaired) electrons. The SMILES string of the molecule is Cn1ccc2c(NC(=O)[C@@H]3CC(=O)N(c4ccccc4)C3)cccc21. The summed E-state index contributed by atoms with van der Waals surface area (Å²) < 4.78 is 2.02. The Hall–Kier alpha value is -3.08. The van der Waals surface area contributed by atoms with Crippen molar-refractivity contribution in [1.29, 1.82) is 0 Å². The first-order valence-corrected chi connectivity index (χ1v) is 8.34. The highest BCUT2D eigenvalue weighted by molar-refractivity contribution is 6.06. The molecule has 1 N–H and O–H groups in total. The zero-order chi connectivity index (χ0) is 17.4. The fourth-order valence-corrected chi connectivity index (χ4v) is 3.39. The van der Waals surface area contributed by atoms with Gasteiger partial charge in [-0.1, -0.05) is 24.3 Å². The van der Waals surface area contributed by atoms with Crippen molar-refractivity contribution in [2.45, 2.75) is 6.42 Å². The van der Waals surface area contributed by atoms with Gasteiger partial charge in [-0.3, -0.25) is 9.59 Å². The van der Waals surface area contributed by atoms with Gasteiger partial charge in [-0.2, -0.15) is 0 Å². The molecule has 2 heterocycles. The first-order valence-electron chi connectivity index (χ1n) is 8.34. The predicted molar refractivity (Wildman–Crippen MR) is 98.5 cm³/mol. The summed E-state index contributed by atoms with van der Waals surface area (Å²) >= 11 is 0. The zero-order valence-electron chi connectivity index (χ0n) is 14.0. The minimum atomic E-state index is -0.341. The lowest BCUT2D eigenvalue weighted by atomic mass is 10.1. The summed E-state index contributed by atoms with van der Waals surface area (Å²) in [5.41, 5.74) is 2.69. The number of aromatic nitrogens is 1. The Balaban J connectivity index is 1.53. The minimum Gasteiger partial charge on any atom is -0.350 e. The molecule has 4 rings (SSSR count). The summed E-state index contributed by atoms with van der Waals surface area (Å²) in [6.07, 6.45) is 2.21.